The Morgan fingerprint density at radius 1 is 1.19 bits per heavy atom. The van der Waals surface area contributed by atoms with E-state index in [-0.39, 0.29) is 6.10 Å². The van der Waals surface area contributed by atoms with Gasteiger partial charge in [-0.3, -0.25) is 10.00 Å². The predicted octanol–water partition coefficient (Wildman–Crippen LogP) is 3.00. The van der Waals surface area contributed by atoms with Gasteiger partial charge in [-0.05, 0) is 48.4 Å². The van der Waals surface area contributed by atoms with E-state index in [0.717, 1.165) is 43.4 Å². The van der Waals surface area contributed by atoms with Crippen molar-refractivity contribution in [2.24, 2.45) is 11.8 Å². The lowest BCUT2D eigenvalue weighted by Gasteiger charge is -2.35. The number of rotatable bonds is 5. The molecule has 2 N–H and O–H groups in total. The van der Waals surface area contributed by atoms with Crippen molar-refractivity contribution in [1.29, 1.82) is 0 Å². The zero-order valence-corrected chi connectivity index (χ0v) is 17.5. The third-order valence-electron chi connectivity index (χ3n) is 6.66. The van der Waals surface area contributed by atoms with E-state index >= 15 is 0 Å². The van der Waals surface area contributed by atoms with E-state index in [4.69, 9.17) is 9.47 Å². The predicted molar refractivity (Wildman–Crippen MR) is 116 cm³/mol. The summed E-state index contributed by atoms with van der Waals surface area (Å²) in [6.45, 7) is 2.84. The van der Waals surface area contributed by atoms with Crippen LogP contribution < -0.4 is 4.74 Å². The first-order chi connectivity index (χ1) is 15.1. The first-order valence-electron chi connectivity index (χ1n) is 10.8. The minimum atomic E-state index is -0.515. The summed E-state index contributed by atoms with van der Waals surface area (Å²) < 4.78 is 10.9. The summed E-state index contributed by atoms with van der Waals surface area (Å²) in [6, 6.07) is 13.3. The summed E-state index contributed by atoms with van der Waals surface area (Å²) in [4.78, 5) is 14.3. The zero-order valence-electron chi connectivity index (χ0n) is 17.5. The van der Waals surface area contributed by atoms with Crippen molar-refractivity contribution >= 4 is 16.9 Å². The Morgan fingerprint density at radius 3 is 2.84 bits per heavy atom. The van der Waals surface area contributed by atoms with Crippen molar-refractivity contribution in [3.05, 3.63) is 59.8 Å². The maximum Gasteiger partial charge on any atom is 0.337 e. The number of ether oxygens (including phenoxy) is 2. The molecular formula is C24H27N3O4. The number of benzene rings is 2. The van der Waals surface area contributed by atoms with Crippen LogP contribution in [0.1, 0.15) is 28.8 Å². The van der Waals surface area contributed by atoms with E-state index in [0.29, 0.717) is 23.1 Å². The van der Waals surface area contributed by atoms with Crippen LogP contribution in [-0.2, 0) is 11.3 Å². The number of esters is 1. The van der Waals surface area contributed by atoms with E-state index in [9.17, 15) is 9.90 Å². The zero-order chi connectivity index (χ0) is 21.4. The molecule has 0 unspecified atom stereocenters. The second-order valence-corrected chi connectivity index (χ2v) is 8.68. The van der Waals surface area contributed by atoms with E-state index in [1.807, 2.05) is 12.3 Å². The molecule has 4 atom stereocenters. The normalized spacial score (nSPS) is 26.0. The van der Waals surface area contributed by atoms with Gasteiger partial charge in [-0.1, -0.05) is 24.3 Å². The third kappa shape index (κ3) is 4.03. The van der Waals surface area contributed by atoms with Gasteiger partial charge in [0.1, 0.15) is 11.9 Å². The largest absolute Gasteiger partial charge is 0.488 e. The summed E-state index contributed by atoms with van der Waals surface area (Å²) in [5, 5.41) is 19.2. The maximum absolute atomic E-state index is 11.8. The van der Waals surface area contributed by atoms with Crippen LogP contribution in [0.15, 0.2) is 48.7 Å². The van der Waals surface area contributed by atoms with Crippen LogP contribution >= 0.6 is 0 Å². The molecular weight excluding hydrogens is 394 g/mol. The molecule has 0 bridgehead atoms. The van der Waals surface area contributed by atoms with Crippen LogP contribution in [-0.4, -0.2) is 58.6 Å². The number of aromatic nitrogens is 2. The number of para-hydroxylation sites is 1. The molecule has 2 heterocycles. The molecule has 2 fully saturated rings. The van der Waals surface area contributed by atoms with E-state index in [1.165, 1.54) is 12.7 Å². The number of fused-ring (bicyclic) bond motifs is 2. The summed E-state index contributed by atoms with van der Waals surface area (Å²) in [5.41, 5.74) is 2.80. The molecule has 7 nitrogen and oxygen atoms in total. The molecule has 5 rings (SSSR count). The number of aromatic amines is 1. The Bertz CT molecular complexity index is 1080. The number of carbonyl (C=O) groups is 1. The molecule has 0 radical (unpaired) electrons. The van der Waals surface area contributed by atoms with Crippen LogP contribution in [0, 0.1) is 11.8 Å². The lowest BCUT2D eigenvalue weighted by molar-refractivity contribution is -0.0231. The topological polar surface area (TPSA) is 87.7 Å². The number of likely N-dealkylation sites (tertiary alicyclic amines) is 1. The van der Waals surface area contributed by atoms with Crippen LogP contribution in [0.2, 0.25) is 0 Å². The average molecular weight is 421 g/mol. The second-order valence-electron chi connectivity index (χ2n) is 8.68. The van der Waals surface area contributed by atoms with Crippen LogP contribution in [0.4, 0.5) is 0 Å². The minimum Gasteiger partial charge on any atom is -0.488 e. The molecule has 3 aromatic rings. The van der Waals surface area contributed by atoms with Gasteiger partial charge < -0.3 is 14.6 Å². The highest BCUT2D eigenvalue weighted by Gasteiger charge is 2.42. The molecule has 7 heteroatoms. The Morgan fingerprint density at radius 2 is 2.00 bits per heavy atom. The standard InChI is InChI=1S/C24H27N3O4/c1-30-24(29)15-4-3-7-20(8-15)31-22-10-19-14-27(13-18(19)9-21(22)28)12-17-6-2-5-16-11-25-26-23(16)17/h2-8,11,18-19,21-22,28H,9-10,12-14H2,1H3,(H,25,26)/t18-,19+,21+,22+/m0/s1. The summed E-state index contributed by atoms with van der Waals surface area (Å²) in [5.74, 6) is 1.15. The highest BCUT2D eigenvalue weighted by atomic mass is 16.5. The van der Waals surface area contributed by atoms with E-state index < -0.39 is 12.1 Å². The Kier molecular flexibility index (Phi) is 5.38. The number of hydrogen-bond acceptors (Lipinski definition) is 6. The average Bonchev–Trinajstić information content (AvgIpc) is 3.40. The van der Waals surface area contributed by atoms with Crippen LogP contribution in [0.25, 0.3) is 10.9 Å². The fourth-order valence-corrected chi connectivity index (χ4v) is 5.14. The van der Waals surface area contributed by atoms with Gasteiger partial charge in [0.05, 0.1) is 30.5 Å². The fourth-order valence-electron chi connectivity index (χ4n) is 5.14. The Hall–Kier alpha value is -2.90. The quantitative estimate of drug-likeness (QED) is 0.616. The van der Waals surface area contributed by atoms with Gasteiger partial charge in [-0.15, -0.1) is 0 Å². The van der Waals surface area contributed by atoms with Gasteiger partial charge in [0, 0.05) is 25.0 Å². The monoisotopic (exact) mass is 421 g/mol. The maximum atomic E-state index is 11.8. The fraction of sp³-hybridized carbons (Fsp3) is 0.417. The van der Waals surface area contributed by atoms with Crippen molar-refractivity contribution in [2.75, 3.05) is 20.2 Å². The number of carbonyl (C=O) groups excluding carboxylic acids is 1. The van der Waals surface area contributed by atoms with Crippen molar-refractivity contribution in [2.45, 2.75) is 31.6 Å². The molecule has 1 saturated heterocycles. The lowest BCUT2D eigenvalue weighted by atomic mass is 9.78. The van der Waals surface area contributed by atoms with Gasteiger partial charge in [-0.25, -0.2) is 4.79 Å². The molecule has 1 aliphatic heterocycles. The van der Waals surface area contributed by atoms with Crippen molar-refractivity contribution in [3.63, 3.8) is 0 Å². The van der Waals surface area contributed by atoms with Crippen LogP contribution in [0.3, 0.4) is 0 Å². The number of aliphatic hydroxyl groups excluding tert-OH is 1. The SMILES string of the molecule is COC(=O)c1cccc(O[C@@H]2C[C@@H]3CN(Cc4cccc5cn[nH]c45)C[C@@H]3C[C@H]2O)c1. The molecule has 1 aliphatic carbocycles. The Balaban J connectivity index is 1.25. The molecule has 1 aromatic heterocycles. The highest BCUT2D eigenvalue weighted by Crippen LogP contribution is 2.38. The van der Waals surface area contributed by atoms with Crippen LogP contribution in [0.5, 0.6) is 5.75 Å². The van der Waals surface area contributed by atoms with Crippen molar-refractivity contribution in [1.82, 2.24) is 15.1 Å². The van der Waals surface area contributed by atoms with Gasteiger partial charge in [0.2, 0.25) is 0 Å². The summed E-state index contributed by atoms with van der Waals surface area (Å²) >= 11 is 0. The molecule has 2 aromatic carbocycles. The van der Waals surface area contributed by atoms with Crippen molar-refractivity contribution in [3.8, 4) is 5.75 Å². The third-order valence-corrected chi connectivity index (χ3v) is 6.66. The summed E-state index contributed by atoms with van der Waals surface area (Å²) in [7, 11) is 1.36. The van der Waals surface area contributed by atoms with Gasteiger partial charge in [0.25, 0.3) is 0 Å². The molecule has 0 amide bonds. The van der Waals surface area contributed by atoms with E-state index in [1.54, 1.807) is 18.2 Å². The number of aliphatic hydroxyl groups is 1. The first-order valence-corrected chi connectivity index (χ1v) is 10.8. The first kappa shape index (κ1) is 20.0. The van der Waals surface area contributed by atoms with Crippen molar-refractivity contribution < 1.29 is 19.4 Å². The number of nitrogens with one attached hydrogen (secondary N) is 1. The lowest BCUT2D eigenvalue weighted by Crippen LogP contribution is -2.42. The second kappa shape index (κ2) is 8.32. The molecule has 0 spiro atoms. The molecule has 2 aliphatic rings. The van der Waals surface area contributed by atoms with E-state index in [2.05, 4.69) is 33.3 Å². The van der Waals surface area contributed by atoms with Gasteiger partial charge in [0.15, 0.2) is 0 Å². The number of hydrogen-bond donors (Lipinski definition) is 2. The molecule has 1 saturated carbocycles. The minimum absolute atomic E-state index is 0.273. The smallest absolute Gasteiger partial charge is 0.337 e. The number of methoxy groups -OCH3 is 1. The van der Waals surface area contributed by atoms with Gasteiger partial charge in [-0.2, -0.15) is 5.10 Å². The number of nitrogens with zero attached hydrogens (tertiary/aromatic N) is 2. The number of H-pyrrole nitrogens is 1. The Labute approximate surface area is 181 Å². The highest BCUT2D eigenvalue weighted by molar-refractivity contribution is 5.89. The summed E-state index contributed by atoms with van der Waals surface area (Å²) in [6.07, 6.45) is 2.61. The molecule has 31 heavy (non-hydrogen) atoms. The molecule has 162 valence electrons. The van der Waals surface area contributed by atoms with Gasteiger partial charge >= 0.3 is 5.97 Å².